The number of carbonyl (C=O) groups excluding carboxylic acids is 3. The van der Waals surface area contributed by atoms with E-state index in [0.717, 1.165) is 17.0 Å². The molecule has 30 heavy (non-hydrogen) atoms. The summed E-state index contributed by atoms with van der Waals surface area (Å²) in [5.41, 5.74) is 0.511. The quantitative estimate of drug-likeness (QED) is 0.809. The molecule has 154 valence electrons. The highest BCUT2D eigenvalue weighted by Crippen LogP contribution is 2.25. The zero-order chi connectivity index (χ0) is 21.7. The van der Waals surface area contributed by atoms with Crippen molar-refractivity contribution in [2.24, 2.45) is 5.92 Å². The maximum absolute atomic E-state index is 13.3. The minimum atomic E-state index is -0.764. The van der Waals surface area contributed by atoms with Gasteiger partial charge in [0.15, 0.2) is 0 Å². The summed E-state index contributed by atoms with van der Waals surface area (Å²) in [5, 5.41) is 12.2. The highest BCUT2D eigenvalue weighted by molar-refractivity contribution is 5.96. The Labute approximate surface area is 172 Å². The number of rotatable bonds is 5. The third-order valence-electron chi connectivity index (χ3n) is 4.84. The van der Waals surface area contributed by atoms with E-state index in [2.05, 4.69) is 10.3 Å². The molecule has 1 aliphatic rings. The number of nitrogens with zero attached hydrogens (tertiary/aromatic N) is 4. The van der Waals surface area contributed by atoms with Gasteiger partial charge in [0, 0.05) is 31.5 Å². The Hall–Kier alpha value is -3.80. The lowest BCUT2D eigenvalue weighted by molar-refractivity contribution is -0.131. The largest absolute Gasteiger partial charge is 0.331 e. The number of carbonyl (C=O) groups is 3. The smallest absolute Gasteiger partial charge is 0.272 e. The van der Waals surface area contributed by atoms with Crippen LogP contribution in [0.1, 0.15) is 16.9 Å². The third-order valence-corrected chi connectivity index (χ3v) is 4.84. The molecule has 2 atom stereocenters. The van der Waals surface area contributed by atoms with E-state index >= 15 is 0 Å². The van der Waals surface area contributed by atoms with E-state index in [0.29, 0.717) is 5.69 Å². The molecule has 8 nitrogen and oxygen atoms in total. The Morgan fingerprint density at radius 3 is 2.70 bits per heavy atom. The summed E-state index contributed by atoms with van der Waals surface area (Å²) in [6.07, 6.45) is 1.38. The second-order valence-corrected chi connectivity index (χ2v) is 7.00. The van der Waals surface area contributed by atoms with Crippen LogP contribution in [-0.4, -0.2) is 58.7 Å². The van der Waals surface area contributed by atoms with E-state index in [1.54, 1.807) is 24.3 Å². The number of amides is 3. The second-order valence-electron chi connectivity index (χ2n) is 7.00. The number of nitrogens with one attached hydrogen (secondary N) is 1. The molecule has 9 heteroatoms. The van der Waals surface area contributed by atoms with Crippen LogP contribution in [0.2, 0.25) is 0 Å². The highest BCUT2D eigenvalue weighted by Gasteiger charge is 2.39. The van der Waals surface area contributed by atoms with Gasteiger partial charge in [0.1, 0.15) is 17.6 Å². The van der Waals surface area contributed by atoms with Crippen molar-refractivity contribution in [2.45, 2.75) is 12.5 Å². The van der Waals surface area contributed by atoms with E-state index in [9.17, 15) is 24.0 Å². The maximum Gasteiger partial charge on any atom is 0.272 e. The molecule has 1 fully saturated rings. The fourth-order valence-corrected chi connectivity index (χ4v) is 3.27. The maximum atomic E-state index is 13.3. The van der Waals surface area contributed by atoms with Crippen LogP contribution < -0.4 is 5.32 Å². The highest BCUT2D eigenvalue weighted by atomic mass is 19.1. The number of nitriles is 1. The number of likely N-dealkylation sites (tertiary alicyclic amines) is 1. The van der Waals surface area contributed by atoms with Gasteiger partial charge in [-0.2, -0.15) is 5.26 Å². The van der Waals surface area contributed by atoms with Crippen molar-refractivity contribution in [3.8, 4) is 6.07 Å². The van der Waals surface area contributed by atoms with Crippen molar-refractivity contribution in [1.29, 1.82) is 5.26 Å². The minimum absolute atomic E-state index is 0.0793. The van der Waals surface area contributed by atoms with Gasteiger partial charge < -0.3 is 15.1 Å². The number of hydrogen-bond donors (Lipinski definition) is 1. The number of pyridine rings is 1. The van der Waals surface area contributed by atoms with Crippen LogP contribution in [0.3, 0.4) is 0 Å². The van der Waals surface area contributed by atoms with Gasteiger partial charge >= 0.3 is 0 Å². The number of hydrogen-bond acceptors (Lipinski definition) is 5. The molecule has 0 radical (unpaired) electrons. The first-order valence-corrected chi connectivity index (χ1v) is 9.31. The molecule has 1 N–H and O–H groups in total. The number of benzene rings is 1. The molecule has 3 rings (SSSR count). The summed E-state index contributed by atoms with van der Waals surface area (Å²) in [6, 6.07) is 12.3. The standard InChI is InChI=1S/C21H20FN5O3/c1-26(21(30)18-10-15(22)7-8-24-18)13-19(28)27-12-14(9-17(27)11-23)20(29)25-16-5-3-2-4-6-16/h2-8,10,14,17H,9,12-13H2,1H3,(H,25,29). The fraction of sp³-hybridized carbons (Fsp3) is 0.286. The minimum Gasteiger partial charge on any atom is -0.331 e. The topological polar surface area (TPSA) is 106 Å². The molecular formula is C21H20FN5O3. The predicted octanol–water partition coefficient (Wildman–Crippen LogP) is 1.67. The van der Waals surface area contributed by atoms with E-state index in [1.165, 1.54) is 18.1 Å². The summed E-state index contributed by atoms with van der Waals surface area (Å²) < 4.78 is 13.3. The lowest BCUT2D eigenvalue weighted by atomic mass is 10.1. The van der Waals surface area contributed by atoms with Crippen LogP contribution in [0.15, 0.2) is 48.7 Å². The molecule has 1 aromatic heterocycles. The SMILES string of the molecule is CN(CC(=O)N1CC(C(=O)Nc2ccccc2)CC1C#N)C(=O)c1cc(F)ccn1. The van der Waals surface area contributed by atoms with E-state index in [-0.39, 0.29) is 31.1 Å². The molecule has 1 aliphatic heterocycles. The zero-order valence-corrected chi connectivity index (χ0v) is 16.3. The zero-order valence-electron chi connectivity index (χ0n) is 16.3. The number of halogens is 1. The van der Waals surface area contributed by atoms with Crippen LogP contribution >= 0.6 is 0 Å². The van der Waals surface area contributed by atoms with Gasteiger partial charge in [0.25, 0.3) is 5.91 Å². The summed E-state index contributed by atoms with van der Waals surface area (Å²) in [6.45, 7) is -0.238. The van der Waals surface area contributed by atoms with Crippen LogP contribution in [0.5, 0.6) is 0 Å². The molecular weight excluding hydrogens is 389 g/mol. The van der Waals surface area contributed by atoms with Gasteiger partial charge in [0.2, 0.25) is 11.8 Å². The van der Waals surface area contributed by atoms with Gasteiger partial charge in [-0.1, -0.05) is 18.2 Å². The monoisotopic (exact) mass is 409 g/mol. The lowest BCUT2D eigenvalue weighted by Crippen LogP contribution is -2.43. The van der Waals surface area contributed by atoms with E-state index < -0.39 is 29.6 Å². The average molecular weight is 409 g/mol. The molecule has 0 spiro atoms. The second kappa shape index (κ2) is 9.13. The summed E-state index contributed by atoms with van der Waals surface area (Å²) in [7, 11) is 1.39. The molecule has 2 aromatic rings. The first-order chi connectivity index (χ1) is 14.4. The summed E-state index contributed by atoms with van der Waals surface area (Å²) >= 11 is 0. The van der Waals surface area contributed by atoms with Crippen molar-refractivity contribution in [3.05, 3.63) is 60.2 Å². The van der Waals surface area contributed by atoms with Crippen molar-refractivity contribution in [2.75, 3.05) is 25.5 Å². The van der Waals surface area contributed by atoms with Crippen LogP contribution in [0.4, 0.5) is 10.1 Å². The lowest BCUT2D eigenvalue weighted by Gasteiger charge is -2.23. The Morgan fingerprint density at radius 1 is 1.30 bits per heavy atom. The summed E-state index contributed by atoms with van der Waals surface area (Å²) in [5.74, 6) is -2.50. The Morgan fingerprint density at radius 2 is 2.03 bits per heavy atom. The van der Waals surface area contributed by atoms with Gasteiger partial charge in [-0.3, -0.25) is 19.4 Å². The molecule has 2 unspecified atom stereocenters. The van der Waals surface area contributed by atoms with Crippen molar-refractivity contribution in [1.82, 2.24) is 14.8 Å². The van der Waals surface area contributed by atoms with Crippen LogP contribution in [0, 0.1) is 23.1 Å². The van der Waals surface area contributed by atoms with Crippen LogP contribution in [0.25, 0.3) is 0 Å². The van der Waals surface area contributed by atoms with E-state index in [4.69, 9.17) is 0 Å². The normalized spacial score (nSPS) is 17.8. The Balaban J connectivity index is 1.62. The summed E-state index contributed by atoms with van der Waals surface area (Å²) in [4.78, 5) is 43.8. The average Bonchev–Trinajstić information content (AvgIpc) is 3.19. The van der Waals surface area contributed by atoms with Crippen molar-refractivity contribution in [3.63, 3.8) is 0 Å². The van der Waals surface area contributed by atoms with Gasteiger partial charge in [-0.15, -0.1) is 0 Å². The molecule has 0 aliphatic carbocycles. The molecule has 0 bridgehead atoms. The first-order valence-electron chi connectivity index (χ1n) is 9.31. The Kier molecular flexibility index (Phi) is 6.37. The number of anilines is 1. The predicted molar refractivity (Wildman–Crippen MR) is 105 cm³/mol. The third kappa shape index (κ3) is 4.78. The molecule has 2 heterocycles. The molecule has 0 saturated carbocycles. The van der Waals surface area contributed by atoms with Gasteiger partial charge in [0.05, 0.1) is 18.5 Å². The Bertz CT molecular complexity index is 992. The van der Waals surface area contributed by atoms with E-state index in [1.807, 2.05) is 12.1 Å². The van der Waals surface area contributed by atoms with Gasteiger partial charge in [-0.05, 0) is 24.6 Å². The van der Waals surface area contributed by atoms with Gasteiger partial charge in [-0.25, -0.2) is 4.39 Å². The molecule has 3 amide bonds. The van der Waals surface area contributed by atoms with Crippen molar-refractivity contribution < 1.29 is 18.8 Å². The fourth-order valence-electron chi connectivity index (χ4n) is 3.27. The number of likely N-dealkylation sites (N-methyl/N-ethyl adjacent to an activating group) is 1. The van der Waals surface area contributed by atoms with Crippen molar-refractivity contribution >= 4 is 23.4 Å². The molecule has 1 saturated heterocycles. The molecule has 1 aromatic carbocycles. The number of aromatic nitrogens is 1. The first kappa shape index (κ1) is 20.9. The van der Waals surface area contributed by atoms with Crippen LogP contribution in [-0.2, 0) is 9.59 Å². The number of para-hydroxylation sites is 1.